The molecule has 2 atom stereocenters. The Hall–Kier alpha value is -6.12. The van der Waals surface area contributed by atoms with Crippen molar-refractivity contribution >= 4 is 55.7 Å². The van der Waals surface area contributed by atoms with Gasteiger partial charge in [-0.15, -0.1) is 0 Å². The lowest BCUT2D eigenvalue weighted by atomic mass is 9.65. The second-order valence-electron chi connectivity index (χ2n) is 18.1. The summed E-state index contributed by atoms with van der Waals surface area (Å²) < 4.78 is 0. The fourth-order valence-corrected chi connectivity index (χ4v) is 11.0. The number of benzene rings is 8. The number of nitrogens with zero attached hydrogens (tertiary/aromatic N) is 2. The predicted octanol–water partition coefficient (Wildman–Crippen LogP) is 18.4. The van der Waals surface area contributed by atoms with Crippen LogP contribution in [-0.4, -0.2) is 0 Å². The van der Waals surface area contributed by atoms with E-state index < -0.39 is 0 Å². The van der Waals surface area contributed by atoms with Crippen molar-refractivity contribution in [3.8, 4) is 11.1 Å². The molecule has 8 aromatic carbocycles. The second kappa shape index (κ2) is 19.1. The highest BCUT2D eigenvalue weighted by molar-refractivity contribution is 6.01. The number of para-hydroxylation sites is 2. The van der Waals surface area contributed by atoms with Crippen LogP contribution in [0.3, 0.4) is 0 Å². The molecule has 9 rings (SSSR count). The van der Waals surface area contributed by atoms with Crippen molar-refractivity contribution in [2.45, 2.75) is 97.3 Å². The van der Waals surface area contributed by atoms with Gasteiger partial charge in [-0.2, -0.15) is 0 Å². The van der Waals surface area contributed by atoms with Crippen molar-refractivity contribution in [1.29, 1.82) is 0 Å². The van der Waals surface area contributed by atoms with Crippen molar-refractivity contribution in [3.05, 3.63) is 193 Å². The van der Waals surface area contributed by atoms with Gasteiger partial charge >= 0.3 is 0 Å². The monoisotopic (exact) mass is 825 g/mol. The first kappa shape index (κ1) is 42.2. The van der Waals surface area contributed by atoms with Gasteiger partial charge in [0.15, 0.2) is 0 Å². The van der Waals surface area contributed by atoms with Crippen LogP contribution in [0.15, 0.2) is 182 Å². The molecule has 0 fully saturated rings. The molecule has 0 saturated carbocycles. The number of fused-ring (bicyclic) bond motifs is 5. The number of hydrogen-bond donors (Lipinski definition) is 0. The molecule has 0 aromatic heterocycles. The molecule has 0 heterocycles. The molecule has 2 heteroatoms. The third-order valence-corrected chi connectivity index (χ3v) is 14.2. The average molecular weight is 825 g/mol. The van der Waals surface area contributed by atoms with Gasteiger partial charge in [-0.1, -0.05) is 200 Å². The standard InChI is InChI=1S/C61H64N2/c1-5-9-23-45(7-3)43-61(44-46(8-4)24-10-6-2)57-41-51(62(49-29-13-11-14-30-49)59-35-21-27-47-25-17-19-33-53(47)59)37-39-55(57)56-40-38-52(42-58(56)61)63(50-31-15-12-16-32-50)60-36-22-28-48-26-18-20-34-54(48)60/h11-22,25-42,45-46H,5-10,23-24,43-44H2,1-4H3. The molecule has 8 aromatic rings. The van der Waals surface area contributed by atoms with Gasteiger partial charge in [0.1, 0.15) is 0 Å². The summed E-state index contributed by atoms with van der Waals surface area (Å²) >= 11 is 0. The molecule has 318 valence electrons. The van der Waals surface area contributed by atoms with Gasteiger partial charge < -0.3 is 9.80 Å². The lowest BCUT2D eigenvalue weighted by molar-refractivity contribution is 0.266. The van der Waals surface area contributed by atoms with Crippen molar-refractivity contribution in [3.63, 3.8) is 0 Å². The Bertz CT molecular complexity index is 2570. The van der Waals surface area contributed by atoms with E-state index in [9.17, 15) is 0 Å². The van der Waals surface area contributed by atoms with E-state index in [2.05, 4.69) is 219 Å². The van der Waals surface area contributed by atoms with E-state index in [1.807, 2.05) is 0 Å². The molecule has 0 saturated heterocycles. The minimum Gasteiger partial charge on any atom is -0.310 e. The molecule has 1 aliphatic carbocycles. The van der Waals surface area contributed by atoms with Crippen LogP contribution in [0.4, 0.5) is 34.1 Å². The van der Waals surface area contributed by atoms with Crippen molar-refractivity contribution in [2.75, 3.05) is 9.80 Å². The number of anilines is 6. The van der Waals surface area contributed by atoms with E-state index in [4.69, 9.17) is 0 Å². The Kier molecular flexibility index (Phi) is 12.8. The van der Waals surface area contributed by atoms with Crippen LogP contribution in [0, 0.1) is 11.8 Å². The Morgan fingerprint density at radius 1 is 0.397 bits per heavy atom. The van der Waals surface area contributed by atoms with E-state index in [1.54, 1.807) is 0 Å². The van der Waals surface area contributed by atoms with Crippen LogP contribution in [0.2, 0.25) is 0 Å². The van der Waals surface area contributed by atoms with Gasteiger partial charge in [0.25, 0.3) is 0 Å². The minimum atomic E-state index is -0.165. The molecule has 0 aliphatic heterocycles. The van der Waals surface area contributed by atoms with E-state index in [1.165, 1.54) is 129 Å². The summed E-state index contributed by atoms with van der Waals surface area (Å²) in [5.41, 5.74) is 12.9. The molecular formula is C61H64N2. The molecule has 0 spiro atoms. The summed E-state index contributed by atoms with van der Waals surface area (Å²) in [6.07, 6.45) is 12.2. The van der Waals surface area contributed by atoms with E-state index in [0.717, 1.165) is 12.8 Å². The van der Waals surface area contributed by atoms with Crippen LogP contribution in [0.25, 0.3) is 32.7 Å². The Balaban J connectivity index is 1.30. The summed E-state index contributed by atoms with van der Waals surface area (Å²) in [4.78, 5) is 5.03. The molecule has 2 unspecified atom stereocenters. The average Bonchev–Trinajstić information content (AvgIpc) is 3.60. The second-order valence-corrected chi connectivity index (χ2v) is 18.1. The quantitative estimate of drug-likeness (QED) is 0.0850. The third kappa shape index (κ3) is 8.29. The zero-order valence-electron chi connectivity index (χ0n) is 37.9. The van der Waals surface area contributed by atoms with Gasteiger partial charge in [0.05, 0.1) is 11.4 Å². The SMILES string of the molecule is CCCCC(CC)CC1(CC(CC)CCCC)c2cc(N(c3ccccc3)c3cccc4ccccc34)ccc2-c2ccc(N(c3ccccc3)c3cccc4ccccc34)cc21. The molecule has 0 N–H and O–H groups in total. The number of hydrogen-bond acceptors (Lipinski definition) is 2. The fourth-order valence-electron chi connectivity index (χ4n) is 11.0. The maximum Gasteiger partial charge on any atom is 0.0540 e. The van der Waals surface area contributed by atoms with E-state index in [-0.39, 0.29) is 5.41 Å². The van der Waals surface area contributed by atoms with Crippen LogP contribution in [0.1, 0.15) is 103 Å². The summed E-state index contributed by atoms with van der Waals surface area (Å²) in [7, 11) is 0. The van der Waals surface area contributed by atoms with Crippen LogP contribution < -0.4 is 9.80 Å². The summed E-state index contributed by atoms with van der Waals surface area (Å²) in [5, 5.41) is 5.02. The molecule has 2 nitrogen and oxygen atoms in total. The fraction of sp³-hybridized carbons (Fsp3) is 0.279. The first-order chi connectivity index (χ1) is 31.1. The molecule has 1 aliphatic rings. The summed E-state index contributed by atoms with van der Waals surface area (Å²) in [6.45, 7) is 9.61. The summed E-state index contributed by atoms with van der Waals surface area (Å²) in [6, 6.07) is 68.3. The van der Waals surface area contributed by atoms with Gasteiger partial charge in [0, 0.05) is 38.9 Å². The van der Waals surface area contributed by atoms with Crippen molar-refractivity contribution in [2.24, 2.45) is 11.8 Å². The first-order valence-corrected chi connectivity index (χ1v) is 24.0. The van der Waals surface area contributed by atoms with Crippen LogP contribution in [-0.2, 0) is 5.41 Å². The molecule has 63 heavy (non-hydrogen) atoms. The topological polar surface area (TPSA) is 6.48 Å². The smallest absolute Gasteiger partial charge is 0.0540 e. The van der Waals surface area contributed by atoms with Crippen LogP contribution in [0.5, 0.6) is 0 Å². The lowest BCUT2D eigenvalue weighted by Gasteiger charge is -2.39. The van der Waals surface area contributed by atoms with Gasteiger partial charge in [-0.25, -0.2) is 0 Å². The number of rotatable bonds is 18. The highest BCUT2D eigenvalue weighted by atomic mass is 15.1. The predicted molar refractivity (Wildman–Crippen MR) is 273 cm³/mol. The Morgan fingerprint density at radius 3 is 1.21 bits per heavy atom. The molecule has 0 amide bonds. The third-order valence-electron chi connectivity index (χ3n) is 14.2. The van der Waals surface area contributed by atoms with E-state index >= 15 is 0 Å². The van der Waals surface area contributed by atoms with Crippen molar-refractivity contribution in [1.82, 2.24) is 0 Å². The first-order valence-electron chi connectivity index (χ1n) is 24.0. The molecule has 0 radical (unpaired) electrons. The maximum atomic E-state index is 2.63. The van der Waals surface area contributed by atoms with Crippen LogP contribution >= 0.6 is 0 Å². The van der Waals surface area contributed by atoms with Gasteiger partial charge in [0.2, 0.25) is 0 Å². The zero-order chi connectivity index (χ0) is 43.2. The summed E-state index contributed by atoms with van der Waals surface area (Å²) in [5.74, 6) is 1.23. The normalized spacial score (nSPS) is 13.7. The molecular weight excluding hydrogens is 761 g/mol. The highest BCUT2D eigenvalue weighted by Crippen LogP contribution is 2.59. The zero-order valence-corrected chi connectivity index (χ0v) is 37.9. The van der Waals surface area contributed by atoms with Crippen molar-refractivity contribution < 1.29 is 0 Å². The lowest BCUT2D eigenvalue weighted by Crippen LogP contribution is -2.32. The maximum absolute atomic E-state index is 2.63. The minimum absolute atomic E-state index is 0.165. The number of unbranched alkanes of at least 4 members (excludes halogenated alkanes) is 2. The van der Waals surface area contributed by atoms with Gasteiger partial charge in [-0.05, 0) is 118 Å². The van der Waals surface area contributed by atoms with Gasteiger partial charge in [-0.3, -0.25) is 0 Å². The highest BCUT2D eigenvalue weighted by Gasteiger charge is 2.46. The largest absolute Gasteiger partial charge is 0.310 e. The molecule has 0 bridgehead atoms. The van der Waals surface area contributed by atoms with E-state index in [0.29, 0.717) is 11.8 Å². The Labute approximate surface area is 377 Å². The Morgan fingerprint density at radius 2 is 0.794 bits per heavy atom.